The lowest BCUT2D eigenvalue weighted by atomic mass is 10.0. The lowest BCUT2D eigenvalue weighted by Crippen LogP contribution is -2.36. The molecule has 0 atom stereocenters. The molecule has 2 aliphatic rings. The fraction of sp³-hybridized carbons (Fsp3) is 0.421. The van der Waals surface area contributed by atoms with E-state index in [-0.39, 0.29) is 20.3 Å². The Morgan fingerprint density at radius 2 is 1.97 bits per heavy atom. The second-order valence-electron chi connectivity index (χ2n) is 6.92. The van der Waals surface area contributed by atoms with Gasteiger partial charge in [0.2, 0.25) is 0 Å². The van der Waals surface area contributed by atoms with Crippen molar-refractivity contribution in [2.75, 3.05) is 24.5 Å². The van der Waals surface area contributed by atoms with E-state index in [0.29, 0.717) is 16.9 Å². The van der Waals surface area contributed by atoms with E-state index in [1.807, 2.05) is 6.07 Å². The number of piperidine rings is 1. The smallest absolute Gasteiger partial charge is 0.323 e. The Labute approximate surface area is 177 Å². The summed E-state index contributed by atoms with van der Waals surface area (Å²) in [4.78, 5) is 39.8. The van der Waals surface area contributed by atoms with Gasteiger partial charge < -0.3 is 10.0 Å². The number of nitriles is 1. The van der Waals surface area contributed by atoms with Crippen LogP contribution in [-0.2, 0) is 16.6 Å². The highest BCUT2D eigenvalue weighted by Gasteiger charge is 2.34. The number of rotatable bonds is 4. The van der Waals surface area contributed by atoms with Crippen LogP contribution in [0.2, 0.25) is 0 Å². The average Bonchev–Trinajstić information content (AvgIpc) is 2.94. The second kappa shape index (κ2) is 8.39. The number of amides is 1. The number of nitrogens with zero attached hydrogens (tertiary/aromatic N) is 4. The van der Waals surface area contributed by atoms with Crippen LogP contribution in [0.3, 0.4) is 0 Å². The zero-order valence-corrected chi connectivity index (χ0v) is 17.7. The Kier molecular flexibility index (Phi) is 6.10. The first-order chi connectivity index (χ1) is 13.8. The molecule has 10 heteroatoms. The van der Waals surface area contributed by atoms with Crippen LogP contribution in [0.4, 0.5) is 5.82 Å². The van der Waals surface area contributed by atoms with E-state index >= 15 is 0 Å². The molecule has 0 aromatic carbocycles. The van der Waals surface area contributed by atoms with Crippen LogP contribution in [-0.4, -0.2) is 50.4 Å². The van der Waals surface area contributed by atoms with Crippen molar-refractivity contribution in [3.05, 3.63) is 31.9 Å². The van der Waals surface area contributed by atoms with Gasteiger partial charge in [0.05, 0.1) is 4.91 Å². The van der Waals surface area contributed by atoms with Crippen molar-refractivity contribution in [2.24, 2.45) is 7.05 Å². The van der Waals surface area contributed by atoms with Crippen LogP contribution in [0, 0.1) is 18.3 Å². The van der Waals surface area contributed by atoms with Gasteiger partial charge in [-0.3, -0.25) is 23.9 Å². The number of carbonyl (C=O) groups is 2. The third-order valence-electron chi connectivity index (χ3n) is 5.07. The number of aliphatic carboxylic acids is 1. The maximum Gasteiger partial charge on any atom is 0.323 e. The summed E-state index contributed by atoms with van der Waals surface area (Å²) in [6.45, 7) is 2.74. The van der Waals surface area contributed by atoms with Gasteiger partial charge in [-0.15, -0.1) is 0 Å². The summed E-state index contributed by atoms with van der Waals surface area (Å²) in [5.74, 6) is -0.977. The molecule has 2 saturated heterocycles. The van der Waals surface area contributed by atoms with Crippen molar-refractivity contribution in [3.63, 3.8) is 0 Å². The molecule has 0 aliphatic carbocycles. The van der Waals surface area contributed by atoms with Gasteiger partial charge in [0, 0.05) is 25.7 Å². The van der Waals surface area contributed by atoms with Crippen molar-refractivity contribution in [3.8, 4) is 6.07 Å². The third-order valence-corrected chi connectivity index (χ3v) is 6.44. The summed E-state index contributed by atoms with van der Waals surface area (Å²) in [6.07, 6.45) is 4.73. The van der Waals surface area contributed by atoms with Crippen LogP contribution in [0.25, 0.3) is 6.08 Å². The maximum atomic E-state index is 12.7. The topological polar surface area (TPSA) is 107 Å². The van der Waals surface area contributed by atoms with Crippen molar-refractivity contribution in [1.29, 1.82) is 5.26 Å². The van der Waals surface area contributed by atoms with Gasteiger partial charge in [0.15, 0.2) is 0 Å². The van der Waals surface area contributed by atoms with Crippen LogP contribution < -0.4 is 10.5 Å². The number of thiocarbonyl (C=S) groups is 1. The van der Waals surface area contributed by atoms with Crippen LogP contribution in [0.15, 0.2) is 9.70 Å². The molecule has 0 radical (unpaired) electrons. The van der Waals surface area contributed by atoms with Crippen molar-refractivity contribution in [1.82, 2.24) is 9.47 Å². The Balaban J connectivity index is 2.17. The molecule has 3 rings (SSSR count). The summed E-state index contributed by atoms with van der Waals surface area (Å²) in [6, 6.07) is 1.97. The molecule has 0 spiro atoms. The molecule has 29 heavy (non-hydrogen) atoms. The maximum absolute atomic E-state index is 12.7. The van der Waals surface area contributed by atoms with Gasteiger partial charge in [0.1, 0.15) is 28.3 Å². The second-order valence-corrected chi connectivity index (χ2v) is 8.60. The monoisotopic (exact) mass is 432 g/mol. The first-order valence-electron chi connectivity index (χ1n) is 9.12. The minimum atomic E-state index is -1.15. The molecule has 152 valence electrons. The fourth-order valence-electron chi connectivity index (χ4n) is 3.60. The highest BCUT2D eigenvalue weighted by Crippen LogP contribution is 2.36. The van der Waals surface area contributed by atoms with Crippen LogP contribution in [0.1, 0.15) is 36.0 Å². The molecular weight excluding hydrogens is 412 g/mol. The molecule has 8 nitrogen and oxygen atoms in total. The molecule has 1 amide bonds. The van der Waals surface area contributed by atoms with Gasteiger partial charge in [0.25, 0.3) is 11.5 Å². The summed E-state index contributed by atoms with van der Waals surface area (Å²) in [5.41, 5.74) is 0.766. The van der Waals surface area contributed by atoms with E-state index in [0.717, 1.165) is 49.0 Å². The molecule has 0 bridgehead atoms. The molecule has 0 unspecified atom stereocenters. The number of hydrogen-bond donors (Lipinski definition) is 1. The van der Waals surface area contributed by atoms with Crippen molar-refractivity contribution >= 4 is 52.1 Å². The van der Waals surface area contributed by atoms with Gasteiger partial charge >= 0.3 is 5.97 Å². The van der Waals surface area contributed by atoms with E-state index in [9.17, 15) is 19.6 Å². The van der Waals surface area contributed by atoms with Crippen molar-refractivity contribution < 1.29 is 14.7 Å². The van der Waals surface area contributed by atoms with Crippen LogP contribution >= 0.6 is 24.0 Å². The van der Waals surface area contributed by atoms with Crippen molar-refractivity contribution in [2.45, 2.75) is 26.2 Å². The average molecular weight is 433 g/mol. The predicted octanol–water partition coefficient (Wildman–Crippen LogP) is 1.84. The SMILES string of the molecule is Cc1c(/C=C2/SC(=S)N(CC(=O)O)C2=O)c(N2CCCCC2)n(C)c(=O)c1C#N. The number of carboxylic acids is 1. The van der Waals surface area contributed by atoms with Gasteiger partial charge in [-0.25, -0.2) is 0 Å². The summed E-state index contributed by atoms with van der Waals surface area (Å²) in [5, 5.41) is 18.5. The van der Waals surface area contributed by atoms with Crippen LogP contribution in [0.5, 0.6) is 0 Å². The number of hydrogen-bond acceptors (Lipinski definition) is 7. The zero-order chi connectivity index (χ0) is 21.3. The molecule has 1 N–H and O–H groups in total. The van der Waals surface area contributed by atoms with E-state index < -0.39 is 18.4 Å². The first kappa shape index (κ1) is 21.1. The number of aromatic nitrogens is 1. The largest absolute Gasteiger partial charge is 0.480 e. The highest BCUT2D eigenvalue weighted by molar-refractivity contribution is 8.26. The standard InChI is InChI=1S/C19H20N4O4S2/c1-11-12(8-14-18(27)23(10-15(24)25)19(28)29-14)16(22-6-4-3-5-7-22)21(2)17(26)13(11)9-20/h8H,3-7,10H2,1-2H3,(H,24,25)/b14-8+. The third kappa shape index (κ3) is 3.93. The Morgan fingerprint density at radius 1 is 1.31 bits per heavy atom. The number of thioether (sulfide) groups is 1. The molecule has 0 saturated carbocycles. The summed E-state index contributed by atoms with van der Waals surface area (Å²) < 4.78 is 1.63. The normalized spacial score (nSPS) is 18.4. The van der Waals surface area contributed by atoms with E-state index in [1.165, 1.54) is 4.57 Å². The highest BCUT2D eigenvalue weighted by atomic mass is 32.2. The molecule has 1 aromatic rings. The molecule has 1 aromatic heterocycles. The van der Waals surface area contributed by atoms with Gasteiger partial charge in [-0.05, 0) is 37.8 Å². The minimum Gasteiger partial charge on any atom is -0.480 e. The molecule has 2 aliphatic heterocycles. The van der Waals surface area contributed by atoms with E-state index in [1.54, 1.807) is 20.0 Å². The molecule has 2 fully saturated rings. The Bertz CT molecular complexity index is 1030. The lowest BCUT2D eigenvalue weighted by molar-refractivity contribution is -0.140. The minimum absolute atomic E-state index is 0.0283. The molecular formula is C19H20N4O4S2. The fourth-order valence-corrected chi connectivity index (χ4v) is 4.84. The number of anilines is 1. The number of carboxylic acid groups (broad SMARTS) is 1. The van der Waals surface area contributed by atoms with E-state index in [2.05, 4.69) is 4.90 Å². The summed E-state index contributed by atoms with van der Waals surface area (Å²) >= 11 is 6.18. The quantitative estimate of drug-likeness (QED) is 0.567. The van der Waals surface area contributed by atoms with Gasteiger partial charge in [-0.2, -0.15) is 5.26 Å². The first-order valence-corrected chi connectivity index (χ1v) is 10.3. The van der Waals surface area contributed by atoms with Gasteiger partial charge in [-0.1, -0.05) is 24.0 Å². The molecule has 3 heterocycles. The Morgan fingerprint density at radius 3 is 2.55 bits per heavy atom. The number of carbonyl (C=O) groups excluding carboxylic acids is 1. The number of pyridine rings is 1. The van der Waals surface area contributed by atoms with E-state index in [4.69, 9.17) is 17.3 Å². The zero-order valence-electron chi connectivity index (χ0n) is 16.1. The lowest BCUT2D eigenvalue weighted by Gasteiger charge is -2.32. The predicted molar refractivity (Wildman–Crippen MR) is 115 cm³/mol. The summed E-state index contributed by atoms with van der Waals surface area (Å²) in [7, 11) is 1.62. The Hall–Kier alpha value is -2.64.